The summed E-state index contributed by atoms with van der Waals surface area (Å²) in [6.07, 6.45) is 6.61. The average molecular weight is 459 g/mol. The number of hydrogen-bond donors (Lipinski definition) is 1. The van der Waals surface area contributed by atoms with Crippen molar-refractivity contribution in [2.45, 2.75) is 39.2 Å². The lowest BCUT2D eigenvalue weighted by Gasteiger charge is -2.13. The largest absolute Gasteiger partial charge is 0.493 e. The fourth-order valence-electron chi connectivity index (χ4n) is 3.75. The number of methoxy groups -OCH3 is 1. The Morgan fingerprint density at radius 1 is 1.00 bits per heavy atom. The highest BCUT2D eigenvalue weighted by Gasteiger charge is 2.09. The second-order valence-corrected chi connectivity index (χ2v) is 8.26. The summed E-state index contributed by atoms with van der Waals surface area (Å²) in [6, 6.07) is 17.8. The van der Waals surface area contributed by atoms with Crippen molar-refractivity contribution in [3.05, 3.63) is 89.4 Å². The molecule has 0 aliphatic rings. The number of hydrogen-bond acceptors (Lipinski definition) is 5. The molecule has 1 amide bonds. The monoisotopic (exact) mass is 458 g/mol. The molecular formula is C27H30N4O3. The number of rotatable bonds is 11. The molecular weight excluding hydrogens is 428 g/mol. The Morgan fingerprint density at radius 3 is 2.68 bits per heavy atom. The second-order valence-electron chi connectivity index (χ2n) is 8.26. The Hall–Kier alpha value is -3.87. The molecule has 7 nitrogen and oxygen atoms in total. The number of amides is 1. The molecule has 0 saturated heterocycles. The van der Waals surface area contributed by atoms with Crippen LogP contribution in [0.1, 0.15) is 35.2 Å². The van der Waals surface area contributed by atoms with Crippen molar-refractivity contribution in [1.82, 2.24) is 19.9 Å². The van der Waals surface area contributed by atoms with Gasteiger partial charge in [0.15, 0.2) is 17.1 Å². The maximum atomic E-state index is 12.3. The van der Waals surface area contributed by atoms with E-state index in [1.54, 1.807) is 11.6 Å². The van der Waals surface area contributed by atoms with E-state index in [0.717, 1.165) is 40.9 Å². The zero-order chi connectivity index (χ0) is 23.8. The van der Waals surface area contributed by atoms with Gasteiger partial charge in [0.25, 0.3) is 0 Å². The number of fused-ring (bicyclic) bond motifs is 1. The third-order valence-corrected chi connectivity index (χ3v) is 5.56. The third kappa shape index (κ3) is 6.34. The van der Waals surface area contributed by atoms with Gasteiger partial charge in [-0.3, -0.25) is 4.79 Å². The summed E-state index contributed by atoms with van der Waals surface area (Å²) in [5.74, 6) is 1.41. The van der Waals surface area contributed by atoms with E-state index < -0.39 is 0 Å². The van der Waals surface area contributed by atoms with Gasteiger partial charge >= 0.3 is 0 Å². The van der Waals surface area contributed by atoms with E-state index in [9.17, 15) is 4.79 Å². The molecule has 0 fully saturated rings. The molecule has 7 heteroatoms. The predicted molar refractivity (Wildman–Crippen MR) is 131 cm³/mol. The van der Waals surface area contributed by atoms with Crippen LogP contribution in [0.25, 0.3) is 5.65 Å². The van der Waals surface area contributed by atoms with E-state index in [4.69, 9.17) is 9.47 Å². The first-order chi connectivity index (χ1) is 16.6. The Bertz CT molecular complexity index is 1240. The third-order valence-electron chi connectivity index (χ3n) is 5.56. The van der Waals surface area contributed by atoms with E-state index in [1.165, 1.54) is 0 Å². The molecule has 2 aromatic heterocycles. The van der Waals surface area contributed by atoms with Crippen LogP contribution in [-0.2, 0) is 24.2 Å². The summed E-state index contributed by atoms with van der Waals surface area (Å²) >= 11 is 0. The zero-order valence-corrected chi connectivity index (χ0v) is 19.7. The van der Waals surface area contributed by atoms with E-state index >= 15 is 0 Å². The van der Waals surface area contributed by atoms with Crippen LogP contribution in [0.3, 0.4) is 0 Å². The minimum absolute atomic E-state index is 0.0406. The average Bonchev–Trinajstić information content (AvgIpc) is 3.24. The molecule has 4 aromatic rings. The zero-order valence-electron chi connectivity index (χ0n) is 19.7. The number of nitrogens with one attached hydrogen (secondary N) is 1. The minimum Gasteiger partial charge on any atom is -0.493 e. The molecule has 0 saturated carbocycles. The van der Waals surface area contributed by atoms with Gasteiger partial charge in [0.2, 0.25) is 5.91 Å². The number of nitrogens with zero attached hydrogens (tertiary/aromatic N) is 3. The van der Waals surface area contributed by atoms with Gasteiger partial charge in [-0.25, -0.2) is 9.50 Å². The quantitative estimate of drug-likeness (QED) is 0.339. The number of aryl methyl sites for hydroxylation is 3. The molecule has 2 heterocycles. The van der Waals surface area contributed by atoms with Crippen LogP contribution in [0.15, 0.2) is 67.0 Å². The SMILES string of the molecule is COc1ccc(CCC(=O)NCCCc2cnc3cc(C)nn3c2)cc1OCc1ccccc1. The Labute approximate surface area is 199 Å². The van der Waals surface area contributed by atoms with Gasteiger partial charge < -0.3 is 14.8 Å². The highest BCUT2D eigenvalue weighted by Crippen LogP contribution is 2.29. The predicted octanol–water partition coefficient (Wildman–Crippen LogP) is 4.31. The van der Waals surface area contributed by atoms with Crippen LogP contribution < -0.4 is 14.8 Å². The molecule has 0 bridgehead atoms. The first-order valence-electron chi connectivity index (χ1n) is 11.5. The van der Waals surface area contributed by atoms with E-state index in [2.05, 4.69) is 15.4 Å². The molecule has 1 N–H and O–H groups in total. The molecule has 0 atom stereocenters. The van der Waals surface area contributed by atoms with Crippen LogP contribution in [0, 0.1) is 6.92 Å². The lowest BCUT2D eigenvalue weighted by atomic mass is 10.1. The van der Waals surface area contributed by atoms with Gasteiger partial charge in [-0.1, -0.05) is 36.4 Å². The van der Waals surface area contributed by atoms with E-state index in [-0.39, 0.29) is 5.91 Å². The number of ether oxygens (including phenoxy) is 2. The summed E-state index contributed by atoms with van der Waals surface area (Å²) in [5.41, 5.74) is 5.02. The highest BCUT2D eigenvalue weighted by atomic mass is 16.5. The van der Waals surface area contributed by atoms with E-state index in [1.807, 2.05) is 73.9 Å². The van der Waals surface area contributed by atoms with Crippen molar-refractivity contribution < 1.29 is 14.3 Å². The normalized spacial score (nSPS) is 10.9. The fraction of sp³-hybridized carbons (Fsp3) is 0.296. The summed E-state index contributed by atoms with van der Waals surface area (Å²) in [4.78, 5) is 16.8. The number of carbonyl (C=O) groups excluding carboxylic acids is 1. The Morgan fingerprint density at radius 2 is 1.85 bits per heavy atom. The van der Waals surface area contributed by atoms with Gasteiger partial charge in [0.1, 0.15) is 6.61 Å². The molecule has 2 aromatic carbocycles. The van der Waals surface area contributed by atoms with Crippen molar-refractivity contribution in [3.8, 4) is 11.5 Å². The van der Waals surface area contributed by atoms with Crippen molar-refractivity contribution in [1.29, 1.82) is 0 Å². The van der Waals surface area contributed by atoms with Crippen molar-refractivity contribution >= 4 is 11.6 Å². The van der Waals surface area contributed by atoms with Crippen LogP contribution in [-0.4, -0.2) is 34.2 Å². The molecule has 0 aliphatic heterocycles. The smallest absolute Gasteiger partial charge is 0.220 e. The summed E-state index contributed by atoms with van der Waals surface area (Å²) < 4.78 is 13.2. The molecule has 0 spiro atoms. The van der Waals surface area contributed by atoms with Crippen LogP contribution in [0.4, 0.5) is 0 Å². The first kappa shape index (κ1) is 23.3. The molecule has 34 heavy (non-hydrogen) atoms. The number of carbonyl (C=O) groups is 1. The number of benzene rings is 2. The van der Waals surface area contributed by atoms with Gasteiger partial charge in [0.05, 0.1) is 12.8 Å². The van der Waals surface area contributed by atoms with Gasteiger partial charge in [-0.05, 0) is 55.0 Å². The first-order valence-corrected chi connectivity index (χ1v) is 11.5. The lowest BCUT2D eigenvalue weighted by Crippen LogP contribution is -2.25. The van der Waals surface area contributed by atoms with Crippen LogP contribution >= 0.6 is 0 Å². The van der Waals surface area contributed by atoms with Crippen molar-refractivity contribution in [3.63, 3.8) is 0 Å². The second kappa shape index (κ2) is 11.3. The Balaban J connectivity index is 1.21. The molecule has 4 rings (SSSR count). The maximum Gasteiger partial charge on any atom is 0.220 e. The van der Waals surface area contributed by atoms with Crippen molar-refractivity contribution in [2.24, 2.45) is 0 Å². The Kier molecular flexibility index (Phi) is 7.75. The molecule has 0 radical (unpaired) electrons. The van der Waals surface area contributed by atoms with Gasteiger partial charge in [-0.2, -0.15) is 5.10 Å². The molecule has 0 aliphatic carbocycles. The maximum absolute atomic E-state index is 12.3. The van der Waals surface area contributed by atoms with Gasteiger partial charge in [-0.15, -0.1) is 0 Å². The van der Waals surface area contributed by atoms with E-state index in [0.29, 0.717) is 37.5 Å². The van der Waals surface area contributed by atoms with Crippen LogP contribution in [0.5, 0.6) is 11.5 Å². The molecule has 0 unspecified atom stereocenters. The summed E-state index contributed by atoms with van der Waals surface area (Å²) in [7, 11) is 1.63. The summed E-state index contributed by atoms with van der Waals surface area (Å²) in [5, 5.41) is 7.41. The number of aromatic nitrogens is 3. The topological polar surface area (TPSA) is 77.8 Å². The lowest BCUT2D eigenvalue weighted by molar-refractivity contribution is -0.121. The highest BCUT2D eigenvalue weighted by molar-refractivity contribution is 5.76. The van der Waals surface area contributed by atoms with Crippen LogP contribution in [0.2, 0.25) is 0 Å². The standard InChI is InChI=1S/C27H30N4O3/c1-20-15-26-29-17-23(18-31(26)30-20)9-6-14-28-27(32)13-11-21-10-12-24(33-2)25(16-21)34-19-22-7-4-3-5-8-22/h3-5,7-8,10,12,15-18H,6,9,11,13-14,19H2,1-2H3,(H,28,32). The molecule has 176 valence electrons. The fourth-order valence-corrected chi connectivity index (χ4v) is 3.75. The minimum atomic E-state index is 0.0406. The summed E-state index contributed by atoms with van der Waals surface area (Å²) in [6.45, 7) is 3.04. The van der Waals surface area contributed by atoms with Crippen molar-refractivity contribution in [2.75, 3.05) is 13.7 Å². The van der Waals surface area contributed by atoms with Gasteiger partial charge in [0, 0.05) is 31.4 Å².